The monoisotopic (exact) mass is 348 g/mol. The first-order valence-corrected chi connectivity index (χ1v) is 7.44. The van der Waals surface area contributed by atoms with Crippen LogP contribution in [0.2, 0.25) is 0 Å². The van der Waals surface area contributed by atoms with Gasteiger partial charge in [0.05, 0.1) is 11.0 Å². The molecule has 0 aliphatic carbocycles. The molecule has 2 rings (SSSR count). The van der Waals surface area contributed by atoms with Gasteiger partial charge in [-0.25, -0.2) is 4.79 Å². The summed E-state index contributed by atoms with van der Waals surface area (Å²) in [5, 5.41) is 5.56. The van der Waals surface area contributed by atoms with Crippen molar-refractivity contribution in [3.63, 3.8) is 0 Å². The summed E-state index contributed by atoms with van der Waals surface area (Å²) in [5.74, 6) is 0.763. The summed E-state index contributed by atoms with van der Waals surface area (Å²) in [4.78, 5) is 11.8. The Bertz CT molecular complexity index is 617. The predicted molar refractivity (Wildman–Crippen MR) is 87.8 cm³/mol. The van der Waals surface area contributed by atoms with Gasteiger partial charge in [0.2, 0.25) is 0 Å². The predicted octanol–water partition coefficient (Wildman–Crippen LogP) is 3.96. The molecule has 4 nitrogen and oxygen atoms in total. The third-order valence-electron chi connectivity index (χ3n) is 2.88. The Kier molecular flexibility index (Phi) is 5.63. The Hall–Kier alpha value is -2.01. The minimum atomic E-state index is -0.236. The SMILES string of the molecule is Cc1ccccc1NC(=O)NCCOc1ccccc1Br. The number of anilines is 1. The second kappa shape index (κ2) is 7.69. The van der Waals surface area contributed by atoms with E-state index in [0.717, 1.165) is 21.5 Å². The lowest BCUT2D eigenvalue weighted by molar-refractivity contribution is 0.247. The zero-order chi connectivity index (χ0) is 15.1. The number of nitrogens with one attached hydrogen (secondary N) is 2. The number of hydrogen-bond acceptors (Lipinski definition) is 2. The molecule has 0 aromatic heterocycles. The molecule has 0 unspecified atom stereocenters. The zero-order valence-corrected chi connectivity index (χ0v) is 13.3. The number of rotatable bonds is 5. The minimum absolute atomic E-state index is 0.236. The fraction of sp³-hybridized carbons (Fsp3) is 0.188. The third kappa shape index (κ3) is 4.79. The van der Waals surface area contributed by atoms with Crippen LogP contribution in [0.5, 0.6) is 5.75 Å². The summed E-state index contributed by atoms with van der Waals surface area (Å²) >= 11 is 3.40. The van der Waals surface area contributed by atoms with Crippen molar-refractivity contribution < 1.29 is 9.53 Å². The largest absolute Gasteiger partial charge is 0.491 e. The van der Waals surface area contributed by atoms with Crippen molar-refractivity contribution in [2.45, 2.75) is 6.92 Å². The summed E-state index contributed by atoms with van der Waals surface area (Å²) in [6.45, 7) is 2.79. The lowest BCUT2D eigenvalue weighted by Gasteiger charge is -2.11. The van der Waals surface area contributed by atoms with Gasteiger partial charge >= 0.3 is 6.03 Å². The molecule has 0 radical (unpaired) electrons. The van der Waals surface area contributed by atoms with E-state index in [2.05, 4.69) is 26.6 Å². The molecule has 21 heavy (non-hydrogen) atoms. The van der Waals surface area contributed by atoms with Gasteiger partial charge in [0.25, 0.3) is 0 Å². The highest BCUT2D eigenvalue weighted by atomic mass is 79.9. The maximum absolute atomic E-state index is 11.8. The maximum Gasteiger partial charge on any atom is 0.319 e. The summed E-state index contributed by atoms with van der Waals surface area (Å²) in [6.07, 6.45) is 0. The molecule has 2 amide bonds. The lowest BCUT2D eigenvalue weighted by atomic mass is 10.2. The number of carbonyl (C=O) groups excluding carboxylic acids is 1. The summed E-state index contributed by atoms with van der Waals surface area (Å²) in [5.41, 5.74) is 1.83. The molecule has 0 saturated carbocycles. The van der Waals surface area contributed by atoms with Crippen molar-refractivity contribution in [1.29, 1.82) is 0 Å². The highest BCUT2D eigenvalue weighted by molar-refractivity contribution is 9.10. The Morgan fingerprint density at radius 1 is 1.14 bits per heavy atom. The number of hydrogen-bond donors (Lipinski definition) is 2. The van der Waals surface area contributed by atoms with Gasteiger partial charge in [-0.2, -0.15) is 0 Å². The van der Waals surface area contributed by atoms with Crippen LogP contribution in [-0.2, 0) is 0 Å². The molecule has 0 heterocycles. The van der Waals surface area contributed by atoms with Gasteiger partial charge in [-0.1, -0.05) is 30.3 Å². The van der Waals surface area contributed by atoms with E-state index < -0.39 is 0 Å². The summed E-state index contributed by atoms with van der Waals surface area (Å²) in [7, 11) is 0. The molecule has 2 aromatic carbocycles. The fourth-order valence-corrected chi connectivity index (χ4v) is 2.17. The standard InChI is InChI=1S/C16H17BrN2O2/c1-12-6-2-4-8-14(12)19-16(20)18-10-11-21-15-9-5-3-7-13(15)17/h2-9H,10-11H2,1H3,(H2,18,19,20). The van der Waals surface area contributed by atoms with Crippen molar-refractivity contribution in [2.24, 2.45) is 0 Å². The third-order valence-corrected chi connectivity index (χ3v) is 3.53. The molecule has 2 N–H and O–H groups in total. The first kappa shape index (κ1) is 15.4. The average molecular weight is 349 g/mol. The lowest BCUT2D eigenvalue weighted by Crippen LogP contribution is -2.32. The molecule has 0 bridgehead atoms. The van der Waals surface area contributed by atoms with Crippen molar-refractivity contribution >= 4 is 27.6 Å². The Labute approximate surface area is 132 Å². The van der Waals surface area contributed by atoms with Crippen molar-refractivity contribution in [3.05, 3.63) is 58.6 Å². The van der Waals surface area contributed by atoms with Crippen LogP contribution in [-0.4, -0.2) is 19.2 Å². The molecule has 0 aliphatic rings. The number of amides is 2. The van der Waals surface area contributed by atoms with Crippen molar-refractivity contribution in [1.82, 2.24) is 5.32 Å². The van der Waals surface area contributed by atoms with Crippen LogP contribution >= 0.6 is 15.9 Å². The Morgan fingerprint density at radius 2 is 1.86 bits per heavy atom. The molecular weight excluding hydrogens is 332 g/mol. The van der Waals surface area contributed by atoms with Gasteiger partial charge < -0.3 is 15.4 Å². The number of halogens is 1. The number of carbonyl (C=O) groups is 1. The first-order chi connectivity index (χ1) is 10.2. The fourth-order valence-electron chi connectivity index (χ4n) is 1.77. The average Bonchev–Trinajstić information content (AvgIpc) is 2.48. The van der Waals surface area contributed by atoms with E-state index in [0.29, 0.717) is 13.2 Å². The molecule has 5 heteroatoms. The van der Waals surface area contributed by atoms with E-state index in [1.54, 1.807) is 0 Å². The number of urea groups is 1. The number of para-hydroxylation sites is 2. The number of aryl methyl sites for hydroxylation is 1. The number of benzene rings is 2. The summed E-state index contributed by atoms with van der Waals surface area (Å²) < 4.78 is 6.47. The maximum atomic E-state index is 11.8. The van der Waals surface area contributed by atoms with E-state index in [1.165, 1.54) is 0 Å². The van der Waals surface area contributed by atoms with E-state index in [1.807, 2.05) is 55.5 Å². The first-order valence-electron chi connectivity index (χ1n) is 6.64. The van der Waals surface area contributed by atoms with Crippen molar-refractivity contribution in [2.75, 3.05) is 18.5 Å². The highest BCUT2D eigenvalue weighted by Crippen LogP contribution is 2.23. The minimum Gasteiger partial charge on any atom is -0.491 e. The van der Waals surface area contributed by atoms with Crippen LogP contribution in [0, 0.1) is 6.92 Å². The topological polar surface area (TPSA) is 50.4 Å². The molecule has 2 aromatic rings. The van der Waals surface area contributed by atoms with Crippen LogP contribution in [0.25, 0.3) is 0 Å². The van der Waals surface area contributed by atoms with Gasteiger partial charge in [-0.15, -0.1) is 0 Å². The van der Waals surface area contributed by atoms with Crippen molar-refractivity contribution in [3.8, 4) is 5.75 Å². The molecule has 110 valence electrons. The molecule has 0 atom stereocenters. The molecule has 0 spiro atoms. The summed E-state index contributed by atoms with van der Waals surface area (Å²) in [6, 6.07) is 15.0. The van der Waals surface area contributed by atoms with Gasteiger partial charge in [0.1, 0.15) is 12.4 Å². The highest BCUT2D eigenvalue weighted by Gasteiger charge is 2.03. The Morgan fingerprint density at radius 3 is 2.62 bits per heavy atom. The van der Waals surface area contributed by atoms with Crippen LogP contribution in [0.3, 0.4) is 0 Å². The zero-order valence-electron chi connectivity index (χ0n) is 11.7. The van der Waals surface area contributed by atoms with Gasteiger partial charge in [-0.3, -0.25) is 0 Å². The van der Waals surface area contributed by atoms with Crippen LogP contribution < -0.4 is 15.4 Å². The van der Waals surface area contributed by atoms with Crippen LogP contribution in [0.15, 0.2) is 53.0 Å². The van der Waals surface area contributed by atoms with E-state index in [-0.39, 0.29) is 6.03 Å². The quantitative estimate of drug-likeness (QED) is 0.803. The molecule has 0 aliphatic heterocycles. The van der Waals surface area contributed by atoms with E-state index in [4.69, 9.17) is 4.74 Å². The van der Waals surface area contributed by atoms with Gasteiger partial charge in [0.15, 0.2) is 0 Å². The van der Waals surface area contributed by atoms with Gasteiger partial charge in [-0.05, 0) is 46.6 Å². The van der Waals surface area contributed by atoms with E-state index in [9.17, 15) is 4.79 Å². The van der Waals surface area contributed by atoms with Gasteiger partial charge in [0, 0.05) is 5.69 Å². The van der Waals surface area contributed by atoms with E-state index >= 15 is 0 Å². The van der Waals surface area contributed by atoms with Crippen LogP contribution in [0.4, 0.5) is 10.5 Å². The normalized spacial score (nSPS) is 10.0. The second-order valence-electron chi connectivity index (χ2n) is 4.47. The molecular formula is C16H17BrN2O2. The number of ether oxygens (including phenoxy) is 1. The molecule has 0 saturated heterocycles. The second-order valence-corrected chi connectivity index (χ2v) is 5.33. The van der Waals surface area contributed by atoms with Crippen LogP contribution in [0.1, 0.15) is 5.56 Å². The smallest absolute Gasteiger partial charge is 0.319 e. The molecule has 0 fully saturated rings. The Balaban J connectivity index is 1.73.